The second kappa shape index (κ2) is 5.48. The van der Waals surface area contributed by atoms with Crippen LogP contribution in [0.4, 0.5) is 0 Å². The summed E-state index contributed by atoms with van der Waals surface area (Å²) in [6, 6.07) is -0.820. The van der Waals surface area contributed by atoms with Crippen molar-refractivity contribution < 1.29 is 23.9 Å². The number of amides is 2. The summed E-state index contributed by atoms with van der Waals surface area (Å²) < 4.78 is 9.90. The number of hydrogen-bond donors (Lipinski definition) is 0. The first-order chi connectivity index (χ1) is 8.26. The molecule has 0 spiro atoms. The number of esters is 1. The fourth-order valence-corrected chi connectivity index (χ4v) is 1.78. The van der Waals surface area contributed by atoms with E-state index >= 15 is 0 Å². The van der Waals surface area contributed by atoms with Gasteiger partial charge in [-0.3, -0.25) is 14.5 Å². The van der Waals surface area contributed by atoms with E-state index in [0.717, 1.165) is 4.90 Å². The molecule has 0 N–H and O–H groups in total. The first-order valence-corrected chi connectivity index (χ1v) is 5.83. The standard InChI is InChI=1S/C12H19NO5/c1-12(2,3)18-11(16)8-5-6-9(14)13(8)10(15)7-17-4/h8H,5-7H2,1-4H3/t8-/m0/s1. The Balaban J connectivity index is 2.78. The van der Waals surface area contributed by atoms with Gasteiger partial charge in [0.25, 0.3) is 5.91 Å². The Morgan fingerprint density at radius 1 is 1.39 bits per heavy atom. The molecule has 0 aromatic carbocycles. The zero-order chi connectivity index (χ0) is 13.9. The average molecular weight is 257 g/mol. The summed E-state index contributed by atoms with van der Waals surface area (Å²) in [6.45, 7) is 5.00. The monoisotopic (exact) mass is 257 g/mol. The minimum atomic E-state index is -0.820. The molecule has 1 heterocycles. The maximum atomic E-state index is 11.9. The van der Waals surface area contributed by atoms with Gasteiger partial charge in [-0.25, -0.2) is 4.79 Å². The van der Waals surface area contributed by atoms with Crippen LogP contribution in [0.1, 0.15) is 33.6 Å². The highest BCUT2D eigenvalue weighted by atomic mass is 16.6. The van der Waals surface area contributed by atoms with Gasteiger partial charge in [0, 0.05) is 13.5 Å². The van der Waals surface area contributed by atoms with E-state index in [2.05, 4.69) is 0 Å². The molecule has 0 aromatic heterocycles. The van der Waals surface area contributed by atoms with E-state index in [1.165, 1.54) is 7.11 Å². The van der Waals surface area contributed by atoms with Gasteiger partial charge in [0.15, 0.2) is 0 Å². The quantitative estimate of drug-likeness (QED) is 0.688. The average Bonchev–Trinajstić information content (AvgIpc) is 2.58. The Bertz CT molecular complexity index is 358. The molecule has 1 atom stereocenters. The van der Waals surface area contributed by atoms with Crippen LogP contribution >= 0.6 is 0 Å². The number of ether oxygens (including phenoxy) is 2. The fourth-order valence-electron chi connectivity index (χ4n) is 1.78. The lowest BCUT2D eigenvalue weighted by Crippen LogP contribution is -2.46. The van der Waals surface area contributed by atoms with Crippen LogP contribution in [0.5, 0.6) is 0 Å². The highest BCUT2D eigenvalue weighted by Gasteiger charge is 2.41. The van der Waals surface area contributed by atoms with E-state index in [1.54, 1.807) is 20.8 Å². The van der Waals surface area contributed by atoms with Gasteiger partial charge in [-0.2, -0.15) is 0 Å². The zero-order valence-electron chi connectivity index (χ0n) is 11.2. The lowest BCUT2D eigenvalue weighted by Gasteiger charge is -2.26. The minimum Gasteiger partial charge on any atom is -0.458 e. The third-order valence-corrected chi connectivity index (χ3v) is 2.43. The Labute approximate surface area is 106 Å². The van der Waals surface area contributed by atoms with E-state index in [-0.39, 0.29) is 18.9 Å². The number of nitrogens with zero attached hydrogens (tertiary/aromatic N) is 1. The molecule has 0 radical (unpaired) electrons. The van der Waals surface area contributed by atoms with Crippen LogP contribution < -0.4 is 0 Å². The Morgan fingerprint density at radius 3 is 2.50 bits per heavy atom. The number of imide groups is 1. The first kappa shape index (κ1) is 14.6. The number of likely N-dealkylation sites (tertiary alicyclic amines) is 1. The summed E-state index contributed by atoms with van der Waals surface area (Å²) in [5, 5.41) is 0. The van der Waals surface area contributed by atoms with Crippen molar-refractivity contribution in [3.63, 3.8) is 0 Å². The molecular formula is C12H19NO5. The van der Waals surface area contributed by atoms with E-state index in [1.807, 2.05) is 0 Å². The van der Waals surface area contributed by atoms with Gasteiger partial charge in [0.2, 0.25) is 5.91 Å². The number of methoxy groups -OCH3 is 1. The Hall–Kier alpha value is -1.43. The molecule has 2 amide bonds. The first-order valence-electron chi connectivity index (χ1n) is 5.83. The van der Waals surface area contributed by atoms with Gasteiger partial charge in [0.1, 0.15) is 18.2 Å². The SMILES string of the molecule is COCC(=O)N1C(=O)CC[C@H]1C(=O)OC(C)(C)C. The van der Waals surface area contributed by atoms with Gasteiger partial charge in [-0.15, -0.1) is 0 Å². The van der Waals surface area contributed by atoms with Crippen molar-refractivity contribution >= 4 is 17.8 Å². The molecule has 1 fully saturated rings. The van der Waals surface area contributed by atoms with Crippen LogP contribution in [0.3, 0.4) is 0 Å². The highest BCUT2D eigenvalue weighted by Crippen LogP contribution is 2.22. The van der Waals surface area contributed by atoms with E-state index in [4.69, 9.17) is 9.47 Å². The van der Waals surface area contributed by atoms with Crippen LogP contribution in [-0.2, 0) is 23.9 Å². The van der Waals surface area contributed by atoms with Crippen molar-refractivity contribution in [1.29, 1.82) is 0 Å². The van der Waals surface area contributed by atoms with Gasteiger partial charge in [-0.05, 0) is 27.2 Å². The van der Waals surface area contributed by atoms with E-state index in [0.29, 0.717) is 6.42 Å². The predicted molar refractivity (Wildman–Crippen MR) is 62.6 cm³/mol. The van der Waals surface area contributed by atoms with E-state index in [9.17, 15) is 14.4 Å². The predicted octanol–water partition coefficient (Wildman–Crippen LogP) is 0.492. The normalized spacial score (nSPS) is 20.1. The lowest BCUT2D eigenvalue weighted by atomic mass is 10.1. The third kappa shape index (κ3) is 3.53. The van der Waals surface area contributed by atoms with Crippen LogP contribution in [0.15, 0.2) is 0 Å². The van der Waals surface area contributed by atoms with Crippen molar-refractivity contribution in [2.24, 2.45) is 0 Å². The Morgan fingerprint density at radius 2 is 2.00 bits per heavy atom. The second-order valence-corrected chi connectivity index (χ2v) is 5.18. The van der Waals surface area contributed by atoms with Crippen molar-refractivity contribution in [2.45, 2.75) is 45.3 Å². The van der Waals surface area contributed by atoms with Crippen molar-refractivity contribution in [2.75, 3.05) is 13.7 Å². The van der Waals surface area contributed by atoms with E-state index < -0.39 is 23.5 Å². The fraction of sp³-hybridized carbons (Fsp3) is 0.750. The van der Waals surface area contributed by atoms with Crippen LogP contribution in [0, 0.1) is 0 Å². The molecule has 1 aliphatic heterocycles. The van der Waals surface area contributed by atoms with Gasteiger partial charge in [-0.1, -0.05) is 0 Å². The van der Waals surface area contributed by atoms with Crippen molar-refractivity contribution in [1.82, 2.24) is 4.90 Å². The lowest BCUT2D eigenvalue weighted by molar-refractivity contribution is -0.166. The number of rotatable bonds is 3. The zero-order valence-corrected chi connectivity index (χ0v) is 11.2. The molecule has 0 unspecified atom stereocenters. The smallest absolute Gasteiger partial charge is 0.329 e. The van der Waals surface area contributed by atoms with Gasteiger partial charge in [0.05, 0.1) is 0 Å². The van der Waals surface area contributed by atoms with Crippen LogP contribution in [0.25, 0.3) is 0 Å². The minimum absolute atomic E-state index is 0.180. The van der Waals surface area contributed by atoms with Crippen LogP contribution in [-0.4, -0.2) is 48.0 Å². The number of carbonyl (C=O) groups is 3. The summed E-state index contributed by atoms with van der Waals surface area (Å²) in [7, 11) is 1.36. The largest absolute Gasteiger partial charge is 0.458 e. The summed E-state index contributed by atoms with van der Waals surface area (Å²) in [6.07, 6.45) is 0.489. The summed E-state index contributed by atoms with van der Waals surface area (Å²) >= 11 is 0. The molecule has 1 rings (SSSR count). The molecule has 0 bridgehead atoms. The van der Waals surface area contributed by atoms with Crippen LogP contribution in [0.2, 0.25) is 0 Å². The number of carbonyl (C=O) groups excluding carboxylic acids is 3. The molecular weight excluding hydrogens is 238 g/mol. The molecule has 1 saturated heterocycles. The molecule has 0 aromatic rings. The maximum Gasteiger partial charge on any atom is 0.329 e. The highest BCUT2D eigenvalue weighted by molar-refractivity contribution is 6.02. The molecule has 0 saturated carbocycles. The van der Waals surface area contributed by atoms with Gasteiger partial charge >= 0.3 is 5.97 Å². The molecule has 1 aliphatic rings. The van der Waals surface area contributed by atoms with Crippen molar-refractivity contribution in [3.8, 4) is 0 Å². The van der Waals surface area contributed by atoms with Gasteiger partial charge < -0.3 is 9.47 Å². The summed E-state index contributed by atoms with van der Waals surface area (Å²) in [5.41, 5.74) is -0.640. The summed E-state index contributed by atoms with van der Waals surface area (Å²) in [5.74, 6) is -1.40. The number of hydrogen-bond acceptors (Lipinski definition) is 5. The summed E-state index contributed by atoms with van der Waals surface area (Å²) in [4.78, 5) is 36.2. The molecule has 6 nitrogen and oxygen atoms in total. The topological polar surface area (TPSA) is 72.9 Å². The second-order valence-electron chi connectivity index (χ2n) is 5.18. The molecule has 0 aliphatic carbocycles. The van der Waals surface area contributed by atoms with Crippen molar-refractivity contribution in [3.05, 3.63) is 0 Å². The maximum absolute atomic E-state index is 11.9. The molecule has 102 valence electrons. The Kier molecular flexibility index (Phi) is 4.45. The molecule has 6 heteroatoms. The third-order valence-electron chi connectivity index (χ3n) is 2.43. The molecule has 18 heavy (non-hydrogen) atoms.